The lowest BCUT2D eigenvalue weighted by Gasteiger charge is -2.18. The van der Waals surface area contributed by atoms with Crippen molar-refractivity contribution in [3.8, 4) is 0 Å². The molecule has 0 saturated carbocycles. The molecule has 1 aromatic rings. The second-order valence-electron chi connectivity index (χ2n) is 5.08. The van der Waals surface area contributed by atoms with E-state index in [0.29, 0.717) is 18.9 Å². The van der Waals surface area contributed by atoms with Crippen LogP contribution in [0.25, 0.3) is 0 Å². The first-order valence-corrected chi connectivity index (χ1v) is 6.14. The van der Waals surface area contributed by atoms with Crippen LogP contribution in [0.4, 0.5) is 5.82 Å². The van der Waals surface area contributed by atoms with Gasteiger partial charge in [0.25, 0.3) is 0 Å². The van der Waals surface area contributed by atoms with E-state index in [4.69, 9.17) is 5.73 Å². The van der Waals surface area contributed by atoms with Gasteiger partial charge in [0.1, 0.15) is 5.82 Å². The summed E-state index contributed by atoms with van der Waals surface area (Å²) in [5.41, 5.74) is 5.63. The highest BCUT2D eigenvalue weighted by Gasteiger charge is 2.31. The molecule has 5 heteroatoms. The average molecular weight is 236 g/mol. The quantitative estimate of drug-likeness (QED) is 0.843. The van der Waals surface area contributed by atoms with Crippen LogP contribution in [0.15, 0.2) is 12.3 Å². The van der Waals surface area contributed by atoms with Gasteiger partial charge in [0.2, 0.25) is 5.91 Å². The summed E-state index contributed by atoms with van der Waals surface area (Å²) in [6.45, 7) is 6.40. The molecule has 0 aliphatic carbocycles. The maximum Gasteiger partial charge on any atom is 0.228 e. The predicted octanol–water partition coefficient (Wildman–Crippen LogP) is 0.851. The van der Waals surface area contributed by atoms with E-state index in [1.807, 2.05) is 15.6 Å². The number of aromatic nitrogens is 2. The molecule has 2 heterocycles. The molecule has 1 saturated heterocycles. The van der Waals surface area contributed by atoms with Crippen LogP contribution in [-0.4, -0.2) is 28.8 Å². The van der Waals surface area contributed by atoms with Crippen LogP contribution in [0, 0.1) is 11.8 Å². The fourth-order valence-electron chi connectivity index (χ4n) is 2.20. The Bertz CT molecular complexity index is 399. The SMILES string of the molecule is CC(C)Cn1nccc1N1CC(CN)CC1=O. The van der Waals surface area contributed by atoms with Gasteiger partial charge < -0.3 is 5.73 Å². The Balaban J connectivity index is 2.17. The summed E-state index contributed by atoms with van der Waals surface area (Å²) in [6.07, 6.45) is 2.31. The van der Waals surface area contributed by atoms with E-state index in [1.54, 1.807) is 6.20 Å². The molecule has 2 rings (SSSR count). The molecule has 0 bridgehead atoms. The maximum absolute atomic E-state index is 11.9. The van der Waals surface area contributed by atoms with Crippen LogP contribution in [0.1, 0.15) is 20.3 Å². The number of nitrogens with two attached hydrogens (primary N) is 1. The molecule has 2 N–H and O–H groups in total. The molecule has 1 unspecified atom stereocenters. The van der Waals surface area contributed by atoms with Crippen molar-refractivity contribution in [2.24, 2.45) is 17.6 Å². The van der Waals surface area contributed by atoms with Gasteiger partial charge in [-0.2, -0.15) is 5.10 Å². The fraction of sp³-hybridized carbons (Fsp3) is 0.667. The zero-order valence-electron chi connectivity index (χ0n) is 10.5. The summed E-state index contributed by atoms with van der Waals surface area (Å²) < 4.78 is 1.90. The number of nitrogens with zero attached hydrogens (tertiary/aromatic N) is 3. The summed E-state index contributed by atoms with van der Waals surface area (Å²) in [6, 6.07) is 1.90. The lowest BCUT2D eigenvalue weighted by Crippen LogP contribution is -2.28. The van der Waals surface area contributed by atoms with Crippen molar-refractivity contribution < 1.29 is 4.79 Å². The molecule has 0 spiro atoms. The van der Waals surface area contributed by atoms with E-state index in [1.165, 1.54) is 0 Å². The van der Waals surface area contributed by atoms with Gasteiger partial charge in [-0.3, -0.25) is 9.69 Å². The molecule has 5 nitrogen and oxygen atoms in total. The number of anilines is 1. The third-order valence-electron chi connectivity index (χ3n) is 3.05. The molecule has 1 aliphatic rings. The average Bonchev–Trinajstić information content (AvgIpc) is 2.83. The van der Waals surface area contributed by atoms with E-state index in [2.05, 4.69) is 18.9 Å². The van der Waals surface area contributed by atoms with E-state index >= 15 is 0 Å². The Morgan fingerprint density at radius 2 is 2.35 bits per heavy atom. The van der Waals surface area contributed by atoms with E-state index in [9.17, 15) is 4.79 Å². The Morgan fingerprint density at radius 1 is 1.59 bits per heavy atom. The molecule has 0 aromatic carbocycles. The molecule has 1 atom stereocenters. The van der Waals surface area contributed by atoms with Crippen molar-refractivity contribution in [3.63, 3.8) is 0 Å². The van der Waals surface area contributed by atoms with E-state index < -0.39 is 0 Å². The van der Waals surface area contributed by atoms with Gasteiger partial charge in [-0.15, -0.1) is 0 Å². The minimum absolute atomic E-state index is 0.158. The highest BCUT2D eigenvalue weighted by Crippen LogP contribution is 2.24. The van der Waals surface area contributed by atoms with Crippen molar-refractivity contribution in [1.29, 1.82) is 0 Å². The van der Waals surface area contributed by atoms with Crippen LogP contribution in [0.3, 0.4) is 0 Å². The van der Waals surface area contributed by atoms with E-state index in [-0.39, 0.29) is 11.8 Å². The van der Waals surface area contributed by atoms with Gasteiger partial charge in [-0.05, 0) is 18.4 Å². The largest absolute Gasteiger partial charge is 0.330 e. The van der Waals surface area contributed by atoms with Crippen molar-refractivity contribution in [3.05, 3.63) is 12.3 Å². The van der Waals surface area contributed by atoms with Crippen molar-refractivity contribution in [1.82, 2.24) is 9.78 Å². The molecule has 1 aromatic heterocycles. The zero-order valence-corrected chi connectivity index (χ0v) is 10.5. The van der Waals surface area contributed by atoms with Crippen molar-refractivity contribution in [2.45, 2.75) is 26.8 Å². The van der Waals surface area contributed by atoms with Gasteiger partial charge in [-0.1, -0.05) is 13.8 Å². The standard InChI is InChI=1S/C12H20N4O/c1-9(2)7-16-11(3-4-14-16)15-8-10(6-13)5-12(15)17/h3-4,9-10H,5-8,13H2,1-2H3. The molecular formula is C12H20N4O. The Hall–Kier alpha value is -1.36. The molecule has 1 aliphatic heterocycles. The van der Waals surface area contributed by atoms with E-state index in [0.717, 1.165) is 18.9 Å². The first kappa shape index (κ1) is 12.1. The summed E-state index contributed by atoms with van der Waals surface area (Å²) >= 11 is 0. The Kier molecular flexibility index (Phi) is 3.47. The number of hydrogen-bond acceptors (Lipinski definition) is 3. The Labute approximate surface area is 102 Å². The smallest absolute Gasteiger partial charge is 0.228 e. The molecule has 0 radical (unpaired) electrons. The first-order chi connectivity index (χ1) is 8.11. The number of rotatable bonds is 4. The van der Waals surface area contributed by atoms with Gasteiger partial charge in [0, 0.05) is 25.6 Å². The molecule has 1 amide bonds. The van der Waals surface area contributed by atoms with Gasteiger partial charge >= 0.3 is 0 Å². The summed E-state index contributed by atoms with van der Waals surface area (Å²) in [5, 5.41) is 4.28. The summed E-state index contributed by atoms with van der Waals surface area (Å²) in [4.78, 5) is 13.7. The van der Waals surface area contributed by atoms with Crippen molar-refractivity contribution >= 4 is 11.7 Å². The summed E-state index contributed by atoms with van der Waals surface area (Å²) in [7, 11) is 0. The lowest BCUT2D eigenvalue weighted by molar-refractivity contribution is -0.117. The summed E-state index contributed by atoms with van der Waals surface area (Å²) in [5.74, 6) is 1.85. The zero-order chi connectivity index (χ0) is 12.4. The second-order valence-corrected chi connectivity index (χ2v) is 5.08. The minimum Gasteiger partial charge on any atom is -0.330 e. The van der Waals surface area contributed by atoms with Gasteiger partial charge in [0.15, 0.2) is 0 Å². The second kappa shape index (κ2) is 4.87. The van der Waals surface area contributed by atoms with Crippen LogP contribution in [-0.2, 0) is 11.3 Å². The number of carbonyl (C=O) groups excluding carboxylic acids is 1. The van der Waals surface area contributed by atoms with Crippen LogP contribution in [0.5, 0.6) is 0 Å². The monoisotopic (exact) mass is 236 g/mol. The lowest BCUT2D eigenvalue weighted by atomic mass is 10.1. The third-order valence-corrected chi connectivity index (χ3v) is 3.05. The highest BCUT2D eigenvalue weighted by atomic mass is 16.2. The maximum atomic E-state index is 11.9. The van der Waals surface area contributed by atoms with Crippen molar-refractivity contribution in [2.75, 3.05) is 18.0 Å². The number of amides is 1. The van der Waals surface area contributed by atoms with Crippen LogP contribution < -0.4 is 10.6 Å². The number of hydrogen-bond donors (Lipinski definition) is 1. The molecule has 17 heavy (non-hydrogen) atoms. The Morgan fingerprint density at radius 3 is 2.94 bits per heavy atom. The first-order valence-electron chi connectivity index (χ1n) is 6.14. The number of carbonyl (C=O) groups is 1. The fourth-order valence-corrected chi connectivity index (χ4v) is 2.20. The topological polar surface area (TPSA) is 64.2 Å². The highest BCUT2D eigenvalue weighted by molar-refractivity contribution is 5.94. The molecule has 94 valence electrons. The van der Waals surface area contributed by atoms with Crippen LogP contribution >= 0.6 is 0 Å². The third kappa shape index (κ3) is 2.49. The predicted molar refractivity (Wildman–Crippen MR) is 66.6 cm³/mol. The van der Waals surface area contributed by atoms with Gasteiger partial charge in [-0.25, -0.2) is 4.68 Å². The van der Waals surface area contributed by atoms with Crippen LogP contribution in [0.2, 0.25) is 0 Å². The molecular weight excluding hydrogens is 216 g/mol. The molecule has 1 fully saturated rings. The van der Waals surface area contributed by atoms with Gasteiger partial charge in [0.05, 0.1) is 6.20 Å². The minimum atomic E-state index is 0.158. The normalized spacial score (nSPS) is 20.6.